The molecule has 2 atom stereocenters. The first-order chi connectivity index (χ1) is 12.6. The Morgan fingerprint density at radius 3 is 1.92 bits per heavy atom. The highest BCUT2D eigenvalue weighted by Crippen LogP contribution is 2.05. The van der Waals surface area contributed by atoms with E-state index in [0.717, 1.165) is 32.1 Å². The monoisotopic (exact) mass is 362 g/mol. The average Bonchev–Trinajstić information content (AvgIpc) is 2.60. The molecule has 146 valence electrons. The molecule has 0 aromatic heterocycles. The number of hydrogen-bond donors (Lipinski definition) is 3. The third-order valence-corrected chi connectivity index (χ3v) is 3.59. The number of rotatable bonds is 15. The molecular weight excluding hydrogens is 328 g/mol. The van der Waals surface area contributed by atoms with Gasteiger partial charge in [0.05, 0.1) is 12.2 Å². The van der Waals surface area contributed by atoms with E-state index < -0.39 is 18.2 Å². The number of carboxylic acid groups (broad SMARTS) is 1. The van der Waals surface area contributed by atoms with Crippen LogP contribution in [-0.4, -0.2) is 33.5 Å². The molecule has 0 amide bonds. The Morgan fingerprint density at radius 1 is 0.808 bits per heavy atom. The van der Waals surface area contributed by atoms with Gasteiger partial charge in [0, 0.05) is 6.42 Å². The molecule has 0 fully saturated rings. The lowest BCUT2D eigenvalue weighted by atomic mass is 10.1. The second-order valence-corrected chi connectivity index (χ2v) is 6.10. The van der Waals surface area contributed by atoms with E-state index in [1.165, 1.54) is 0 Å². The summed E-state index contributed by atoms with van der Waals surface area (Å²) in [6, 6.07) is 0. The Labute approximate surface area is 157 Å². The maximum absolute atomic E-state index is 10.4. The maximum atomic E-state index is 10.4. The van der Waals surface area contributed by atoms with Crippen molar-refractivity contribution in [3.8, 4) is 0 Å². The van der Waals surface area contributed by atoms with Gasteiger partial charge < -0.3 is 15.3 Å². The van der Waals surface area contributed by atoms with Crippen molar-refractivity contribution in [2.75, 3.05) is 0 Å². The van der Waals surface area contributed by atoms with Crippen LogP contribution in [0.15, 0.2) is 60.8 Å². The number of aliphatic hydroxyl groups excluding tert-OH is 2. The third-order valence-electron chi connectivity index (χ3n) is 3.59. The van der Waals surface area contributed by atoms with Gasteiger partial charge in [0.2, 0.25) is 0 Å². The van der Waals surface area contributed by atoms with Crippen LogP contribution >= 0.6 is 0 Å². The smallest absolute Gasteiger partial charge is 0.303 e. The summed E-state index contributed by atoms with van der Waals surface area (Å²) in [5, 5.41) is 28.0. The van der Waals surface area contributed by atoms with Gasteiger partial charge in [0.1, 0.15) is 0 Å². The summed E-state index contributed by atoms with van der Waals surface area (Å²) in [7, 11) is 0. The molecule has 0 spiro atoms. The number of carbonyl (C=O) groups is 1. The number of allylic oxidation sites excluding steroid dienone is 6. The van der Waals surface area contributed by atoms with Crippen LogP contribution in [-0.2, 0) is 4.79 Å². The van der Waals surface area contributed by atoms with Crippen LogP contribution in [0.5, 0.6) is 0 Å². The van der Waals surface area contributed by atoms with E-state index in [9.17, 15) is 15.0 Å². The Bertz CT molecular complexity index is 486. The Balaban J connectivity index is 3.78. The van der Waals surface area contributed by atoms with Crippen molar-refractivity contribution in [1.82, 2.24) is 0 Å². The highest BCUT2D eigenvalue weighted by Gasteiger charge is 1.96. The first kappa shape index (κ1) is 24.1. The second-order valence-electron chi connectivity index (χ2n) is 6.10. The number of aliphatic carboxylic acids is 1. The first-order valence-electron chi connectivity index (χ1n) is 9.45. The van der Waals surface area contributed by atoms with Gasteiger partial charge in [-0.05, 0) is 38.5 Å². The summed E-state index contributed by atoms with van der Waals surface area (Å²) in [5.41, 5.74) is 0. The van der Waals surface area contributed by atoms with Crippen LogP contribution in [0.1, 0.15) is 58.3 Å². The van der Waals surface area contributed by atoms with Crippen molar-refractivity contribution < 1.29 is 20.1 Å². The molecule has 0 saturated carbocycles. The fraction of sp³-hybridized carbons (Fsp3) is 0.500. The van der Waals surface area contributed by atoms with E-state index in [1.54, 1.807) is 24.3 Å². The lowest BCUT2D eigenvalue weighted by Crippen LogP contribution is -1.99. The van der Waals surface area contributed by atoms with E-state index >= 15 is 0 Å². The van der Waals surface area contributed by atoms with E-state index in [1.807, 2.05) is 36.5 Å². The predicted molar refractivity (Wildman–Crippen MR) is 108 cm³/mol. The summed E-state index contributed by atoms with van der Waals surface area (Å²) in [5.74, 6) is -0.736. The highest BCUT2D eigenvalue weighted by molar-refractivity contribution is 5.66. The van der Waals surface area contributed by atoms with Crippen LogP contribution in [0, 0.1) is 0 Å². The highest BCUT2D eigenvalue weighted by atomic mass is 16.4. The third kappa shape index (κ3) is 18.4. The topological polar surface area (TPSA) is 77.8 Å². The summed E-state index contributed by atoms with van der Waals surface area (Å²) >= 11 is 0. The first-order valence-corrected chi connectivity index (χ1v) is 9.45. The van der Waals surface area contributed by atoms with Gasteiger partial charge in [-0.25, -0.2) is 0 Å². The molecule has 0 aliphatic rings. The minimum atomic E-state index is -0.736. The number of unbranched alkanes of at least 4 members (excludes halogenated alkanes) is 3. The fourth-order valence-corrected chi connectivity index (χ4v) is 2.14. The molecular formula is C22H34O4. The zero-order chi connectivity index (χ0) is 19.5. The van der Waals surface area contributed by atoms with Gasteiger partial charge in [-0.3, -0.25) is 4.79 Å². The molecule has 0 aliphatic carbocycles. The van der Waals surface area contributed by atoms with E-state index in [0.29, 0.717) is 12.8 Å². The second kappa shape index (κ2) is 17.9. The van der Waals surface area contributed by atoms with Crippen LogP contribution < -0.4 is 0 Å². The Hall–Kier alpha value is -1.91. The molecule has 0 bridgehead atoms. The lowest BCUT2D eigenvalue weighted by molar-refractivity contribution is -0.137. The minimum absolute atomic E-state index is 0.241. The van der Waals surface area contributed by atoms with E-state index in [4.69, 9.17) is 5.11 Å². The molecule has 4 heteroatoms. The standard InChI is InChI=1S/C22H34O4/c1-2-3-10-15-20(23)17-12-8-9-13-18-21(24)16-11-6-4-5-7-14-19-22(25)26/h3,6,8-13,17-18,20-21,23-24H,2,4-5,7,14-16,19H2,1H3,(H,25,26)/b9-8+,10-3-,11-6-,17-12-,18-13+/t20-,21+/m0/s1. The van der Waals surface area contributed by atoms with Gasteiger partial charge in [-0.15, -0.1) is 0 Å². The summed E-state index contributed by atoms with van der Waals surface area (Å²) in [4.78, 5) is 10.4. The van der Waals surface area contributed by atoms with Gasteiger partial charge >= 0.3 is 5.97 Å². The van der Waals surface area contributed by atoms with E-state index in [2.05, 4.69) is 6.92 Å². The number of aliphatic hydroxyl groups is 2. The maximum Gasteiger partial charge on any atom is 0.303 e. The summed E-state index contributed by atoms with van der Waals surface area (Å²) in [6.07, 6.45) is 23.6. The van der Waals surface area contributed by atoms with Gasteiger partial charge in [-0.1, -0.05) is 74.1 Å². The summed E-state index contributed by atoms with van der Waals surface area (Å²) in [6.45, 7) is 2.06. The lowest BCUT2D eigenvalue weighted by Gasteiger charge is -2.00. The Morgan fingerprint density at radius 2 is 1.38 bits per heavy atom. The predicted octanol–water partition coefficient (Wildman–Crippen LogP) is 4.71. The molecule has 0 radical (unpaired) electrons. The van der Waals surface area contributed by atoms with Crippen molar-refractivity contribution in [1.29, 1.82) is 0 Å². The average molecular weight is 363 g/mol. The minimum Gasteiger partial charge on any atom is -0.481 e. The molecule has 0 rings (SSSR count). The molecule has 26 heavy (non-hydrogen) atoms. The quantitative estimate of drug-likeness (QED) is 0.224. The van der Waals surface area contributed by atoms with Crippen LogP contribution in [0.2, 0.25) is 0 Å². The molecule has 0 aromatic rings. The van der Waals surface area contributed by atoms with Crippen molar-refractivity contribution in [2.24, 2.45) is 0 Å². The molecule has 0 aliphatic heterocycles. The van der Waals surface area contributed by atoms with Crippen molar-refractivity contribution in [2.45, 2.75) is 70.5 Å². The number of carboxylic acids is 1. The fourth-order valence-electron chi connectivity index (χ4n) is 2.14. The molecule has 0 unspecified atom stereocenters. The van der Waals surface area contributed by atoms with E-state index in [-0.39, 0.29) is 6.42 Å². The SMILES string of the molecule is CC/C=C\C[C@H](O)\C=C/C=C/C=C/[C@H](O)C/C=C\CCCCCC(=O)O. The molecule has 0 aromatic carbocycles. The van der Waals surface area contributed by atoms with Crippen molar-refractivity contribution in [3.05, 3.63) is 60.8 Å². The van der Waals surface area contributed by atoms with Gasteiger partial charge in [0.25, 0.3) is 0 Å². The zero-order valence-electron chi connectivity index (χ0n) is 15.8. The van der Waals surface area contributed by atoms with Crippen molar-refractivity contribution >= 4 is 5.97 Å². The molecule has 3 N–H and O–H groups in total. The normalized spacial score (nSPS) is 15.2. The Kier molecular flexibility index (Phi) is 16.6. The largest absolute Gasteiger partial charge is 0.481 e. The molecule has 0 heterocycles. The van der Waals surface area contributed by atoms with Crippen LogP contribution in [0.4, 0.5) is 0 Å². The van der Waals surface area contributed by atoms with Gasteiger partial charge in [0.15, 0.2) is 0 Å². The van der Waals surface area contributed by atoms with Crippen LogP contribution in [0.25, 0.3) is 0 Å². The van der Waals surface area contributed by atoms with Crippen LogP contribution in [0.3, 0.4) is 0 Å². The van der Waals surface area contributed by atoms with Crippen molar-refractivity contribution in [3.63, 3.8) is 0 Å². The molecule has 4 nitrogen and oxygen atoms in total. The zero-order valence-corrected chi connectivity index (χ0v) is 15.8. The molecule has 0 saturated heterocycles. The number of hydrogen-bond acceptors (Lipinski definition) is 3. The van der Waals surface area contributed by atoms with Gasteiger partial charge in [-0.2, -0.15) is 0 Å². The summed E-state index contributed by atoms with van der Waals surface area (Å²) < 4.78 is 0.